The molecule has 3 rings (SSSR count). The summed E-state index contributed by atoms with van der Waals surface area (Å²) in [7, 11) is -3.79. The summed E-state index contributed by atoms with van der Waals surface area (Å²) >= 11 is 0. The Bertz CT molecular complexity index is 990. The Balaban J connectivity index is 2.03. The number of nitrogens with one attached hydrogen (secondary N) is 1. The Hall–Kier alpha value is -2.99. The van der Waals surface area contributed by atoms with Crippen LogP contribution in [0.3, 0.4) is 0 Å². The van der Waals surface area contributed by atoms with Crippen molar-refractivity contribution >= 4 is 15.7 Å². The van der Waals surface area contributed by atoms with E-state index in [9.17, 15) is 8.42 Å². The first-order chi connectivity index (χ1) is 12.5. The number of benzene rings is 2. The highest BCUT2D eigenvalue weighted by Crippen LogP contribution is 2.17. The molecule has 0 atom stereocenters. The summed E-state index contributed by atoms with van der Waals surface area (Å²) in [4.78, 5) is 6.87. The van der Waals surface area contributed by atoms with E-state index in [4.69, 9.17) is 0 Å². The molecule has 1 N–H and O–H groups in total. The van der Waals surface area contributed by atoms with Crippen molar-refractivity contribution in [2.24, 2.45) is 5.10 Å². The van der Waals surface area contributed by atoms with Crippen LogP contribution in [0.4, 0.5) is 0 Å². The van der Waals surface area contributed by atoms with E-state index >= 15 is 0 Å². The Morgan fingerprint density at radius 1 is 0.962 bits per heavy atom. The van der Waals surface area contributed by atoms with Gasteiger partial charge in [-0.3, -0.25) is 4.98 Å². The number of hydrazone groups is 1. The molecule has 0 saturated heterocycles. The van der Waals surface area contributed by atoms with Gasteiger partial charge < -0.3 is 0 Å². The first kappa shape index (κ1) is 17.8. The molecule has 0 fully saturated rings. The highest BCUT2D eigenvalue weighted by molar-refractivity contribution is 7.89. The number of aryl methyl sites for hydroxylation is 2. The fourth-order valence-corrected chi connectivity index (χ4v) is 3.66. The van der Waals surface area contributed by atoms with Crippen LogP contribution in [0, 0.1) is 13.8 Å². The van der Waals surface area contributed by atoms with Crippen LogP contribution in [-0.2, 0) is 10.0 Å². The van der Waals surface area contributed by atoms with Crippen molar-refractivity contribution in [3.63, 3.8) is 0 Å². The molecule has 6 heteroatoms. The molecular weight excluding hydrogens is 346 g/mol. The molecule has 0 bridgehead atoms. The van der Waals surface area contributed by atoms with Crippen molar-refractivity contribution in [3.05, 3.63) is 95.3 Å². The fourth-order valence-electron chi connectivity index (χ4n) is 2.52. The van der Waals surface area contributed by atoms with Gasteiger partial charge in [-0.2, -0.15) is 18.4 Å². The predicted octanol–water partition coefficient (Wildman–Crippen LogP) is 3.43. The average Bonchev–Trinajstić information content (AvgIpc) is 2.65. The van der Waals surface area contributed by atoms with Crippen LogP contribution in [0.5, 0.6) is 0 Å². The van der Waals surface area contributed by atoms with Gasteiger partial charge in [-0.1, -0.05) is 48.5 Å². The number of nitrogens with zero attached hydrogens (tertiary/aromatic N) is 2. The monoisotopic (exact) mass is 365 g/mol. The minimum absolute atomic E-state index is 0.217. The molecule has 0 spiro atoms. The number of aromatic nitrogens is 1. The Morgan fingerprint density at radius 3 is 2.38 bits per heavy atom. The van der Waals surface area contributed by atoms with Crippen LogP contribution in [0.15, 0.2) is 82.9 Å². The minimum atomic E-state index is -3.79. The van der Waals surface area contributed by atoms with Gasteiger partial charge in [0.2, 0.25) is 0 Å². The number of sulfonamides is 1. The smallest absolute Gasteiger partial charge is 0.255 e. The van der Waals surface area contributed by atoms with E-state index in [-0.39, 0.29) is 4.90 Å². The van der Waals surface area contributed by atoms with E-state index in [0.29, 0.717) is 17.0 Å². The van der Waals surface area contributed by atoms with Gasteiger partial charge in [0.15, 0.2) is 0 Å². The minimum Gasteiger partial charge on any atom is -0.255 e. The van der Waals surface area contributed by atoms with Gasteiger partial charge >= 0.3 is 0 Å². The molecule has 132 valence electrons. The molecule has 26 heavy (non-hydrogen) atoms. The van der Waals surface area contributed by atoms with Crippen molar-refractivity contribution in [3.8, 4) is 0 Å². The van der Waals surface area contributed by atoms with Gasteiger partial charge in [0, 0.05) is 11.8 Å². The second kappa shape index (κ2) is 7.49. The Labute approximate surface area is 153 Å². The second-order valence-electron chi connectivity index (χ2n) is 5.91. The lowest BCUT2D eigenvalue weighted by Gasteiger charge is -2.10. The van der Waals surface area contributed by atoms with Crippen LogP contribution < -0.4 is 4.83 Å². The van der Waals surface area contributed by atoms with Crippen molar-refractivity contribution in [1.29, 1.82) is 0 Å². The number of pyridine rings is 1. The fraction of sp³-hybridized carbons (Fsp3) is 0.100. The summed E-state index contributed by atoms with van der Waals surface area (Å²) in [5.74, 6) is 0. The third-order valence-electron chi connectivity index (χ3n) is 3.87. The highest BCUT2D eigenvalue weighted by atomic mass is 32.2. The lowest BCUT2D eigenvalue weighted by atomic mass is 10.1. The number of hydrogen-bond acceptors (Lipinski definition) is 4. The summed E-state index contributed by atoms with van der Waals surface area (Å²) in [6.45, 7) is 3.61. The van der Waals surface area contributed by atoms with Gasteiger partial charge in [-0.25, -0.2) is 0 Å². The molecule has 1 aromatic heterocycles. The van der Waals surface area contributed by atoms with Gasteiger partial charge in [-0.05, 0) is 43.2 Å². The quantitative estimate of drug-likeness (QED) is 0.556. The number of rotatable bonds is 5. The van der Waals surface area contributed by atoms with E-state index in [1.54, 1.807) is 37.4 Å². The van der Waals surface area contributed by atoms with Crippen LogP contribution >= 0.6 is 0 Å². The molecule has 0 saturated carbocycles. The van der Waals surface area contributed by atoms with Crippen molar-refractivity contribution in [2.45, 2.75) is 18.7 Å². The normalized spacial score (nSPS) is 12.0. The van der Waals surface area contributed by atoms with Crippen molar-refractivity contribution in [1.82, 2.24) is 9.82 Å². The first-order valence-corrected chi connectivity index (χ1v) is 9.59. The maximum absolute atomic E-state index is 12.7. The molecule has 2 aromatic carbocycles. The highest BCUT2D eigenvalue weighted by Gasteiger charge is 2.17. The van der Waals surface area contributed by atoms with Crippen LogP contribution in [0.1, 0.15) is 22.4 Å². The van der Waals surface area contributed by atoms with Crippen LogP contribution in [0.2, 0.25) is 0 Å². The maximum atomic E-state index is 12.7. The lowest BCUT2D eigenvalue weighted by molar-refractivity contribution is 0.584. The summed E-state index contributed by atoms with van der Waals surface area (Å²) < 4.78 is 25.5. The Kier molecular flexibility index (Phi) is 5.14. The molecule has 0 aliphatic heterocycles. The standard InChI is InChI=1S/C20H19N3O2S/c1-15-11-12-16(2)19(14-15)26(24,25)23-22-20(17-8-4-3-5-9-17)18-10-6-7-13-21-18/h3-14,23H,1-2H3. The van der Waals surface area contributed by atoms with Crippen molar-refractivity contribution < 1.29 is 8.42 Å². The molecular formula is C20H19N3O2S. The van der Waals surface area contributed by atoms with Gasteiger partial charge in [0.25, 0.3) is 10.0 Å². The molecule has 0 aliphatic rings. The Morgan fingerprint density at radius 2 is 1.69 bits per heavy atom. The molecule has 5 nitrogen and oxygen atoms in total. The zero-order chi connectivity index (χ0) is 18.6. The molecule has 3 aromatic rings. The van der Waals surface area contributed by atoms with E-state index in [2.05, 4.69) is 14.9 Å². The predicted molar refractivity (Wildman–Crippen MR) is 103 cm³/mol. The summed E-state index contributed by atoms with van der Waals surface area (Å²) in [6.07, 6.45) is 1.65. The van der Waals surface area contributed by atoms with Gasteiger partial charge in [0.1, 0.15) is 5.71 Å². The molecule has 1 heterocycles. The molecule has 0 amide bonds. The summed E-state index contributed by atoms with van der Waals surface area (Å²) in [5, 5.41) is 4.20. The molecule has 0 aliphatic carbocycles. The van der Waals surface area contributed by atoms with E-state index in [1.165, 1.54) is 0 Å². The third kappa shape index (κ3) is 3.97. The summed E-state index contributed by atoms with van der Waals surface area (Å²) in [6, 6.07) is 20.1. The number of hydrogen-bond donors (Lipinski definition) is 1. The lowest BCUT2D eigenvalue weighted by Crippen LogP contribution is -2.22. The molecule has 0 unspecified atom stereocenters. The van der Waals surface area contributed by atoms with E-state index in [0.717, 1.165) is 11.1 Å². The third-order valence-corrected chi connectivity index (χ3v) is 5.22. The van der Waals surface area contributed by atoms with Crippen LogP contribution in [-0.4, -0.2) is 19.1 Å². The van der Waals surface area contributed by atoms with E-state index < -0.39 is 10.0 Å². The average molecular weight is 365 g/mol. The molecule has 0 radical (unpaired) electrons. The van der Waals surface area contributed by atoms with E-state index in [1.807, 2.05) is 49.4 Å². The second-order valence-corrected chi connectivity index (χ2v) is 7.53. The summed E-state index contributed by atoms with van der Waals surface area (Å²) in [5.41, 5.74) is 3.35. The maximum Gasteiger partial charge on any atom is 0.276 e. The van der Waals surface area contributed by atoms with Gasteiger partial charge in [0.05, 0.1) is 10.6 Å². The zero-order valence-electron chi connectivity index (χ0n) is 14.5. The largest absolute Gasteiger partial charge is 0.276 e. The topological polar surface area (TPSA) is 71.4 Å². The first-order valence-electron chi connectivity index (χ1n) is 8.11. The van der Waals surface area contributed by atoms with Crippen LogP contribution in [0.25, 0.3) is 0 Å². The zero-order valence-corrected chi connectivity index (χ0v) is 15.4. The van der Waals surface area contributed by atoms with Gasteiger partial charge in [-0.15, -0.1) is 0 Å². The SMILES string of the molecule is Cc1ccc(C)c(S(=O)(=O)NN=C(c2ccccc2)c2ccccn2)c1. The van der Waals surface area contributed by atoms with Crippen molar-refractivity contribution in [2.75, 3.05) is 0 Å².